The molecule has 8 nitrogen and oxygen atoms in total. The Kier molecular flexibility index (Phi) is 9.69. The quantitative estimate of drug-likeness (QED) is 0.301. The van der Waals surface area contributed by atoms with E-state index in [9.17, 15) is 19.5 Å². The molecule has 1 heterocycles. The maximum Gasteiger partial charge on any atom is 0.305 e. The molecule has 0 aliphatic carbocycles. The highest BCUT2D eigenvalue weighted by molar-refractivity contribution is 6.09. The SMILES string of the molecule is NCCCCCCc1ccc2c(c1)C(=O)N(CCC(=O)O)CC(=O)N2Cc1cccc(Oc2ccccc2)c1. The Morgan fingerprint density at radius 2 is 1.64 bits per heavy atom. The molecule has 204 valence electrons. The minimum atomic E-state index is -1.02. The number of nitrogens with two attached hydrogens (primary N) is 1. The normalized spacial score (nSPS) is 13.3. The van der Waals surface area contributed by atoms with Crippen LogP contribution >= 0.6 is 0 Å². The van der Waals surface area contributed by atoms with Crippen molar-refractivity contribution in [2.45, 2.75) is 45.1 Å². The van der Waals surface area contributed by atoms with E-state index in [1.807, 2.05) is 72.8 Å². The van der Waals surface area contributed by atoms with Crippen LogP contribution in [0.25, 0.3) is 0 Å². The molecule has 0 radical (unpaired) electrons. The first-order valence-corrected chi connectivity index (χ1v) is 13.4. The third-order valence-electron chi connectivity index (χ3n) is 6.73. The van der Waals surface area contributed by atoms with Crippen molar-refractivity contribution in [3.05, 3.63) is 89.5 Å². The largest absolute Gasteiger partial charge is 0.481 e. The number of ether oxygens (including phenoxy) is 1. The molecule has 8 heteroatoms. The summed E-state index contributed by atoms with van der Waals surface area (Å²) in [6, 6.07) is 22.6. The fourth-order valence-electron chi connectivity index (χ4n) is 4.70. The Morgan fingerprint density at radius 3 is 2.41 bits per heavy atom. The number of unbranched alkanes of at least 4 members (excludes halogenated alkanes) is 3. The second-order valence-corrected chi connectivity index (χ2v) is 9.72. The van der Waals surface area contributed by atoms with Gasteiger partial charge in [-0.25, -0.2) is 0 Å². The van der Waals surface area contributed by atoms with Crippen LogP contribution in [0.15, 0.2) is 72.8 Å². The minimum absolute atomic E-state index is 0.0308. The van der Waals surface area contributed by atoms with Gasteiger partial charge in [0.1, 0.15) is 18.0 Å². The molecule has 39 heavy (non-hydrogen) atoms. The third-order valence-corrected chi connectivity index (χ3v) is 6.73. The van der Waals surface area contributed by atoms with E-state index in [1.54, 1.807) is 4.90 Å². The Bertz CT molecular complexity index is 1290. The van der Waals surface area contributed by atoms with Crippen LogP contribution in [0.3, 0.4) is 0 Å². The number of anilines is 1. The highest BCUT2D eigenvalue weighted by Crippen LogP contribution is 2.30. The van der Waals surface area contributed by atoms with Crippen molar-refractivity contribution in [3.63, 3.8) is 0 Å². The number of para-hydroxylation sites is 1. The smallest absolute Gasteiger partial charge is 0.305 e. The van der Waals surface area contributed by atoms with E-state index in [4.69, 9.17) is 10.5 Å². The van der Waals surface area contributed by atoms with E-state index in [1.165, 1.54) is 4.90 Å². The molecule has 0 atom stereocenters. The van der Waals surface area contributed by atoms with Crippen molar-refractivity contribution in [2.75, 3.05) is 24.5 Å². The lowest BCUT2D eigenvalue weighted by molar-refractivity contribution is -0.137. The summed E-state index contributed by atoms with van der Waals surface area (Å²) in [6.45, 7) is 0.716. The van der Waals surface area contributed by atoms with E-state index in [2.05, 4.69) is 0 Å². The lowest BCUT2D eigenvalue weighted by atomic mass is 10.0. The van der Waals surface area contributed by atoms with Gasteiger partial charge in [-0.2, -0.15) is 0 Å². The number of nitrogens with zero attached hydrogens (tertiary/aromatic N) is 2. The van der Waals surface area contributed by atoms with Crippen molar-refractivity contribution >= 4 is 23.5 Å². The third kappa shape index (κ3) is 7.67. The summed E-state index contributed by atoms with van der Waals surface area (Å²) >= 11 is 0. The van der Waals surface area contributed by atoms with Gasteiger partial charge in [0, 0.05) is 6.54 Å². The molecular formula is C31H35N3O5. The zero-order valence-corrected chi connectivity index (χ0v) is 22.1. The number of hydrogen-bond acceptors (Lipinski definition) is 5. The lowest BCUT2D eigenvalue weighted by Gasteiger charge is -2.23. The van der Waals surface area contributed by atoms with Gasteiger partial charge in [-0.1, -0.05) is 49.2 Å². The molecule has 0 aromatic heterocycles. The van der Waals surface area contributed by atoms with Crippen molar-refractivity contribution in [3.8, 4) is 11.5 Å². The van der Waals surface area contributed by atoms with Gasteiger partial charge in [-0.05, 0) is 73.3 Å². The molecule has 0 bridgehead atoms. The second-order valence-electron chi connectivity index (χ2n) is 9.72. The molecule has 0 saturated carbocycles. The molecular weight excluding hydrogens is 494 g/mol. The number of carboxylic acid groups (broad SMARTS) is 1. The van der Waals surface area contributed by atoms with Crippen LogP contribution in [0.2, 0.25) is 0 Å². The molecule has 2 amide bonds. The van der Waals surface area contributed by atoms with E-state index in [0.717, 1.165) is 43.2 Å². The molecule has 0 fully saturated rings. The number of hydrogen-bond donors (Lipinski definition) is 2. The maximum absolute atomic E-state index is 13.5. The summed E-state index contributed by atoms with van der Waals surface area (Å²) in [4.78, 5) is 41.2. The topological polar surface area (TPSA) is 113 Å². The molecule has 0 spiro atoms. The Hall–Kier alpha value is -4.17. The summed E-state index contributed by atoms with van der Waals surface area (Å²) in [5.74, 6) is -0.255. The first-order chi connectivity index (χ1) is 18.9. The van der Waals surface area contributed by atoms with Gasteiger partial charge in [-0.15, -0.1) is 0 Å². The number of aryl methyl sites for hydroxylation is 1. The number of amides is 2. The van der Waals surface area contributed by atoms with Crippen LogP contribution in [-0.2, 0) is 22.6 Å². The highest BCUT2D eigenvalue weighted by atomic mass is 16.5. The van der Waals surface area contributed by atoms with Crippen LogP contribution < -0.4 is 15.4 Å². The monoisotopic (exact) mass is 529 g/mol. The molecule has 1 aliphatic heterocycles. The van der Waals surface area contributed by atoms with Gasteiger partial charge in [0.25, 0.3) is 5.91 Å². The van der Waals surface area contributed by atoms with Crippen molar-refractivity contribution in [1.82, 2.24) is 4.90 Å². The first kappa shape index (κ1) is 27.9. The predicted molar refractivity (Wildman–Crippen MR) is 150 cm³/mol. The van der Waals surface area contributed by atoms with Crippen LogP contribution in [-0.4, -0.2) is 47.4 Å². The molecule has 0 unspecified atom stereocenters. The number of carboxylic acids is 1. The van der Waals surface area contributed by atoms with Gasteiger partial charge in [0.2, 0.25) is 5.91 Å². The summed E-state index contributed by atoms with van der Waals surface area (Å²) in [7, 11) is 0. The fourth-order valence-corrected chi connectivity index (χ4v) is 4.70. The fraction of sp³-hybridized carbons (Fsp3) is 0.323. The van der Waals surface area contributed by atoms with Gasteiger partial charge < -0.3 is 25.4 Å². The molecule has 1 aliphatic rings. The summed E-state index contributed by atoms with van der Waals surface area (Å²) in [5.41, 5.74) is 8.40. The van der Waals surface area contributed by atoms with Crippen molar-refractivity contribution < 1.29 is 24.2 Å². The number of carbonyl (C=O) groups excluding carboxylic acids is 2. The van der Waals surface area contributed by atoms with Crippen LogP contribution in [0.4, 0.5) is 5.69 Å². The van der Waals surface area contributed by atoms with E-state index < -0.39 is 5.97 Å². The van der Waals surface area contributed by atoms with E-state index in [-0.39, 0.29) is 37.9 Å². The average molecular weight is 530 g/mol. The summed E-state index contributed by atoms with van der Waals surface area (Å²) < 4.78 is 5.97. The zero-order chi connectivity index (χ0) is 27.6. The molecule has 3 N–H and O–H groups in total. The summed E-state index contributed by atoms with van der Waals surface area (Å²) in [5, 5.41) is 9.19. The first-order valence-electron chi connectivity index (χ1n) is 13.4. The van der Waals surface area contributed by atoms with Crippen molar-refractivity contribution in [1.29, 1.82) is 0 Å². The number of fused-ring (bicyclic) bond motifs is 1. The minimum Gasteiger partial charge on any atom is -0.481 e. The van der Waals surface area contributed by atoms with E-state index in [0.29, 0.717) is 29.3 Å². The number of rotatable bonds is 13. The van der Waals surface area contributed by atoms with Crippen molar-refractivity contribution in [2.24, 2.45) is 5.73 Å². The Labute approximate surface area is 229 Å². The van der Waals surface area contributed by atoms with Crippen LogP contribution in [0, 0.1) is 0 Å². The van der Waals surface area contributed by atoms with Gasteiger partial charge >= 0.3 is 5.97 Å². The number of carbonyl (C=O) groups is 3. The highest BCUT2D eigenvalue weighted by Gasteiger charge is 2.32. The number of aliphatic carboxylic acids is 1. The van der Waals surface area contributed by atoms with Crippen LogP contribution in [0.5, 0.6) is 11.5 Å². The zero-order valence-electron chi connectivity index (χ0n) is 22.1. The Balaban J connectivity index is 1.59. The average Bonchev–Trinajstić information content (AvgIpc) is 3.03. The molecule has 0 saturated heterocycles. The number of benzene rings is 3. The van der Waals surface area contributed by atoms with Crippen LogP contribution in [0.1, 0.15) is 53.6 Å². The van der Waals surface area contributed by atoms with Gasteiger partial charge in [0.15, 0.2) is 0 Å². The second kappa shape index (κ2) is 13.6. The molecule has 3 aromatic carbocycles. The molecule has 4 rings (SSSR count). The maximum atomic E-state index is 13.5. The lowest BCUT2D eigenvalue weighted by Crippen LogP contribution is -2.40. The molecule has 3 aromatic rings. The van der Waals surface area contributed by atoms with Gasteiger partial charge in [-0.3, -0.25) is 14.4 Å². The summed E-state index contributed by atoms with van der Waals surface area (Å²) in [6.07, 6.45) is 4.68. The Morgan fingerprint density at radius 1 is 0.872 bits per heavy atom. The van der Waals surface area contributed by atoms with Gasteiger partial charge in [0.05, 0.1) is 24.2 Å². The standard InChI is InChI=1S/C31H35N3O5/c32-17-7-2-1-4-9-23-14-15-28-27(20-23)31(38)33(18-16-30(36)37)22-29(35)34(28)21-24-10-8-13-26(19-24)39-25-11-5-3-6-12-25/h3,5-6,8,10-15,19-20H,1-2,4,7,9,16-18,21-22,32H2,(H,36,37). The predicted octanol–water partition coefficient (Wildman–Crippen LogP) is 5.00. The van der Waals surface area contributed by atoms with E-state index >= 15 is 0 Å².